The number of benzene rings is 2. The number of rotatable bonds is 4. The van der Waals surface area contributed by atoms with Gasteiger partial charge >= 0.3 is 0 Å². The predicted octanol–water partition coefficient (Wildman–Crippen LogP) is 5.18. The number of hydrogen-bond acceptors (Lipinski definition) is 3. The Morgan fingerprint density at radius 3 is 2.50 bits per heavy atom. The van der Waals surface area contributed by atoms with Gasteiger partial charge in [-0.2, -0.15) is 0 Å². The molecule has 2 aromatic rings. The number of nitro benzene ring substituents is 1. The molecule has 1 atom stereocenters. The number of nitrogens with one attached hydrogen (secondary N) is 1. The van der Waals surface area contributed by atoms with Crippen LogP contribution in [0.3, 0.4) is 0 Å². The Bertz CT molecular complexity index is 632. The molecule has 4 nitrogen and oxygen atoms in total. The topological polar surface area (TPSA) is 55.2 Å². The average Bonchev–Trinajstić information content (AvgIpc) is 2.43. The van der Waals surface area contributed by atoms with E-state index >= 15 is 0 Å². The molecular formula is C14H12BrClN2O2. The average molecular weight is 356 g/mol. The second-order valence-corrected chi connectivity index (χ2v) is 5.66. The molecule has 20 heavy (non-hydrogen) atoms. The minimum atomic E-state index is -0.410. The molecular weight excluding hydrogens is 344 g/mol. The molecule has 104 valence electrons. The molecule has 0 amide bonds. The summed E-state index contributed by atoms with van der Waals surface area (Å²) in [5, 5.41) is 14.5. The molecule has 0 aliphatic heterocycles. The number of non-ortho nitro benzene ring substituents is 1. The van der Waals surface area contributed by atoms with E-state index in [1.165, 1.54) is 12.1 Å². The van der Waals surface area contributed by atoms with E-state index in [-0.39, 0.29) is 11.7 Å². The summed E-state index contributed by atoms with van der Waals surface area (Å²) in [6, 6.07) is 12.0. The van der Waals surface area contributed by atoms with E-state index in [1.807, 2.05) is 19.1 Å². The van der Waals surface area contributed by atoms with E-state index in [2.05, 4.69) is 21.2 Å². The van der Waals surface area contributed by atoms with Crippen molar-refractivity contribution in [3.8, 4) is 0 Å². The number of halogens is 2. The Morgan fingerprint density at radius 2 is 1.90 bits per heavy atom. The number of nitrogens with zero attached hydrogens (tertiary/aromatic N) is 1. The Labute approximate surface area is 130 Å². The van der Waals surface area contributed by atoms with Gasteiger partial charge in [0.25, 0.3) is 5.69 Å². The van der Waals surface area contributed by atoms with Crippen LogP contribution in [0.1, 0.15) is 18.5 Å². The van der Waals surface area contributed by atoms with Crippen LogP contribution in [0.2, 0.25) is 5.02 Å². The van der Waals surface area contributed by atoms with E-state index in [0.717, 1.165) is 15.7 Å². The fraction of sp³-hybridized carbons (Fsp3) is 0.143. The Morgan fingerprint density at radius 1 is 1.25 bits per heavy atom. The van der Waals surface area contributed by atoms with Crippen molar-refractivity contribution in [2.45, 2.75) is 13.0 Å². The SMILES string of the molecule is CC(Nc1cc(Br)ccc1Cl)c1ccc([N+](=O)[O-])cc1. The molecule has 0 spiro atoms. The highest BCUT2D eigenvalue weighted by molar-refractivity contribution is 9.10. The third kappa shape index (κ3) is 3.49. The first kappa shape index (κ1) is 14.8. The first-order valence-corrected chi connectivity index (χ1v) is 7.10. The van der Waals surface area contributed by atoms with Gasteiger partial charge in [-0.3, -0.25) is 10.1 Å². The van der Waals surface area contributed by atoms with Gasteiger partial charge in [-0.15, -0.1) is 0 Å². The molecule has 0 saturated carbocycles. The second-order valence-electron chi connectivity index (χ2n) is 4.34. The minimum Gasteiger partial charge on any atom is -0.377 e. The van der Waals surface area contributed by atoms with Gasteiger partial charge in [-0.25, -0.2) is 0 Å². The summed E-state index contributed by atoms with van der Waals surface area (Å²) in [4.78, 5) is 10.2. The molecule has 2 rings (SSSR count). The lowest BCUT2D eigenvalue weighted by Gasteiger charge is -2.17. The van der Waals surface area contributed by atoms with Crippen LogP contribution in [0.25, 0.3) is 0 Å². The van der Waals surface area contributed by atoms with Crippen molar-refractivity contribution in [3.05, 3.63) is 67.6 Å². The van der Waals surface area contributed by atoms with Crippen molar-refractivity contribution in [1.82, 2.24) is 0 Å². The van der Waals surface area contributed by atoms with Crippen molar-refractivity contribution < 1.29 is 4.92 Å². The normalized spacial score (nSPS) is 11.9. The van der Waals surface area contributed by atoms with E-state index < -0.39 is 4.92 Å². The van der Waals surface area contributed by atoms with Crippen LogP contribution in [-0.4, -0.2) is 4.92 Å². The van der Waals surface area contributed by atoms with E-state index in [9.17, 15) is 10.1 Å². The second kappa shape index (κ2) is 6.24. The van der Waals surface area contributed by atoms with Gasteiger partial charge in [0.05, 0.1) is 15.6 Å². The smallest absolute Gasteiger partial charge is 0.269 e. The van der Waals surface area contributed by atoms with Crippen LogP contribution in [0, 0.1) is 10.1 Å². The van der Waals surface area contributed by atoms with Crippen molar-refractivity contribution in [3.63, 3.8) is 0 Å². The molecule has 0 aromatic heterocycles. The third-order valence-corrected chi connectivity index (χ3v) is 3.73. The van der Waals surface area contributed by atoms with Crippen LogP contribution in [0.4, 0.5) is 11.4 Å². The monoisotopic (exact) mass is 354 g/mol. The van der Waals surface area contributed by atoms with Gasteiger partial charge in [0, 0.05) is 22.6 Å². The standard InChI is InChI=1S/C14H12BrClN2O2/c1-9(10-2-5-12(6-3-10)18(19)20)17-14-8-11(15)4-7-13(14)16/h2-9,17H,1H3. The summed E-state index contributed by atoms with van der Waals surface area (Å²) in [6.45, 7) is 1.97. The molecule has 2 aromatic carbocycles. The Hall–Kier alpha value is -1.59. The zero-order valence-electron chi connectivity index (χ0n) is 10.6. The molecule has 0 aliphatic rings. The van der Waals surface area contributed by atoms with E-state index in [1.54, 1.807) is 18.2 Å². The lowest BCUT2D eigenvalue weighted by atomic mass is 10.1. The zero-order chi connectivity index (χ0) is 14.7. The maximum Gasteiger partial charge on any atom is 0.269 e. The molecule has 0 radical (unpaired) electrons. The van der Waals surface area contributed by atoms with Crippen LogP contribution in [0.5, 0.6) is 0 Å². The van der Waals surface area contributed by atoms with E-state index in [0.29, 0.717) is 5.02 Å². The van der Waals surface area contributed by atoms with Crippen molar-refractivity contribution in [2.75, 3.05) is 5.32 Å². The zero-order valence-corrected chi connectivity index (χ0v) is 13.0. The Balaban J connectivity index is 2.17. The van der Waals surface area contributed by atoms with Gasteiger partial charge in [0.2, 0.25) is 0 Å². The van der Waals surface area contributed by atoms with Crippen LogP contribution in [0.15, 0.2) is 46.9 Å². The maximum atomic E-state index is 10.6. The molecule has 0 heterocycles. The molecule has 6 heteroatoms. The van der Waals surface area contributed by atoms with Crippen LogP contribution < -0.4 is 5.32 Å². The molecule has 1 N–H and O–H groups in total. The van der Waals surface area contributed by atoms with Gasteiger partial charge in [-0.05, 0) is 30.7 Å². The molecule has 1 unspecified atom stereocenters. The van der Waals surface area contributed by atoms with Crippen molar-refractivity contribution in [2.24, 2.45) is 0 Å². The van der Waals surface area contributed by atoms with Crippen molar-refractivity contribution >= 4 is 38.9 Å². The highest BCUT2D eigenvalue weighted by Crippen LogP contribution is 2.29. The fourth-order valence-electron chi connectivity index (χ4n) is 1.81. The lowest BCUT2D eigenvalue weighted by molar-refractivity contribution is -0.384. The minimum absolute atomic E-state index is 0.0115. The predicted molar refractivity (Wildman–Crippen MR) is 84.3 cm³/mol. The van der Waals surface area contributed by atoms with Gasteiger partial charge in [0.1, 0.15) is 0 Å². The molecule has 0 aliphatic carbocycles. The number of nitro groups is 1. The Kier molecular flexibility index (Phi) is 4.62. The quantitative estimate of drug-likeness (QED) is 0.607. The molecule has 0 bridgehead atoms. The summed E-state index contributed by atoms with van der Waals surface area (Å²) >= 11 is 9.52. The van der Waals surface area contributed by atoms with Gasteiger partial charge < -0.3 is 5.32 Å². The fourth-order valence-corrected chi connectivity index (χ4v) is 2.34. The first-order chi connectivity index (χ1) is 9.47. The first-order valence-electron chi connectivity index (χ1n) is 5.93. The summed E-state index contributed by atoms with van der Waals surface area (Å²) in [6.07, 6.45) is 0. The summed E-state index contributed by atoms with van der Waals surface area (Å²) < 4.78 is 0.931. The third-order valence-electron chi connectivity index (χ3n) is 2.90. The number of anilines is 1. The highest BCUT2D eigenvalue weighted by Gasteiger charge is 2.10. The number of hydrogen-bond donors (Lipinski definition) is 1. The maximum absolute atomic E-state index is 10.6. The summed E-state index contributed by atoms with van der Waals surface area (Å²) in [5.74, 6) is 0. The van der Waals surface area contributed by atoms with Crippen molar-refractivity contribution in [1.29, 1.82) is 0 Å². The highest BCUT2D eigenvalue weighted by atomic mass is 79.9. The lowest BCUT2D eigenvalue weighted by Crippen LogP contribution is -2.07. The van der Waals surface area contributed by atoms with E-state index in [4.69, 9.17) is 11.6 Å². The van der Waals surface area contributed by atoms with Crippen LogP contribution >= 0.6 is 27.5 Å². The summed E-state index contributed by atoms with van der Waals surface area (Å²) in [5.41, 5.74) is 1.85. The van der Waals surface area contributed by atoms with Crippen LogP contribution in [-0.2, 0) is 0 Å². The van der Waals surface area contributed by atoms with Gasteiger partial charge in [-0.1, -0.05) is 39.7 Å². The molecule has 0 saturated heterocycles. The summed E-state index contributed by atoms with van der Waals surface area (Å²) in [7, 11) is 0. The van der Waals surface area contributed by atoms with Gasteiger partial charge in [0.15, 0.2) is 0 Å². The molecule has 0 fully saturated rings. The largest absolute Gasteiger partial charge is 0.377 e.